The van der Waals surface area contributed by atoms with Crippen LogP contribution in [0.5, 0.6) is 0 Å². The van der Waals surface area contributed by atoms with E-state index in [4.69, 9.17) is 5.26 Å². The first-order valence-electron chi connectivity index (χ1n) is 5.72. The Morgan fingerprint density at radius 2 is 2.11 bits per heavy atom. The molecule has 1 heterocycles. The van der Waals surface area contributed by atoms with Gasteiger partial charge in [-0.3, -0.25) is 4.79 Å². The van der Waals surface area contributed by atoms with E-state index in [0.717, 1.165) is 5.69 Å². The third-order valence-electron chi connectivity index (χ3n) is 2.52. The smallest absolute Gasteiger partial charge is 0.261 e. The molecule has 0 bridgehead atoms. The molecule has 5 heteroatoms. The topological polar surface area (TPSA) is 81.0 Å². The van der Waals surface area contributed by atoms with Crippen molar-refractivity contribution in [2.45, 2.75) is 5.92 Å². The van der Waals surface area contributed by atoms with Crippen molar-refractivity contribution >= 4 is 12.1 Å². The van der Waals surface area contributed by atoms with E-state index in [2.05, 4.69) is 15.5 Å². The second kappa shape index (κ2) is 6.17. The maximum atomic E-state index is 11.8. The van der Waals surface area contributed by atoms with Crippen molar-refractivity contribution in [2.24, 2.45) is 5.10 Å². The molecule has 0 fully saturated rings. The summed E-state index contributed by atoms with van der Waals surface area (Å²) < 4.78 is 0. The van der Waals surface area contributed by atoms with Crippen LogP contribution in [0, 0.1) is 11.3 Å². The van der Waals surface area contributed by atoms with Crippen LogP contribution in [0.4, 0.5) is 0 Å². The molecule has 0 saturated heterocycles. The van der Waals surface area contributed by atoms with Gasteiger partial charge in [0.15, 0.2) is 5.92 Å². The normalized spacial score (nSPS) is 11.9. The number of benzene rings is 1. The largest absolute Gasteiger partial charge is 0.360 e. The van der Waals surface area contributed by atoms with Crippen LogP contribution in [0.1, 0.15) is 17.2 Å². The lowest BCUT2D eigenvalue weighted by Crippen LogP contribution is -2.24. The number of hydrazone groups is 1. The summed E-state index contributed by atoms with van der Waals surface area (Å²) >= 11 is 0. The number of amides is 1. The van der Waals surface area contributed by atoms with E-state index in [1.807, 2.05) is 24.3 Å². The van der Waals surface area contributed by atoms with Gasteiger partial charge in [0.25, 0.3) is 5.91 Å². The van der Waals surface area contributed by atoms with Crippen LogP contribution in [0.3, 0.4) is 0 Å². The number of carbonyl (C=O) groups excluding carboxylic acids is 1. The second-order valence-corrected chi connectivity index (χ2v) is 3.83. The van der Waals surface area contributed by atoms with E-state index in [9.17, 15) is 4.79 Å². The molecule has 0 aliphatic heterocycles. The standard InChI is InChI=1S/C14H12N4O/c15-9-13(11-5-2-1-3-6-11)14(19)18-17-10-12-7-4-8-16-12/h1-8,10,13,16H,(H,18,19)/b17-10-/t13-/m1/s1. The van der Waals surface area contributed by atoms with Crippen LogP contribution in [0.15, 0.2) is 53.8 Å². The lowest BCUT2D eigenvalue weighted by Gasteiger charge is -2.06. The molecule has 0 aliphatic carbocycles. The Hall–Kier alpha value is -2.87. The van der Waals surface area contributed by atoms with Crippen LogP contribution >= 0.6 is 0 Å². The highest BCUT2D eigenvalue weighted by Gasteiger charge is 2.19. The van der Waals surface area contributed by atoms with Crippen molar-refractivity contribution in [2.75, 3.05) is 0 Å². The van der Waals surface area contributed by atoms with E-state index < -0.39 is 11.8 Å². The number of aromatic nitrogens is 1. The molecule has 1 aromatic carbocycles. The molecule has 2 N–H and O–H groups in total. The Kier molecular flexibility index (Phi) is 4.09. The van der Waals surface area contributed by atoms with E-state index in [0.29, 0.717) is 5.56 Å². The van der Waals surface area contributed by atoms with Crippen LogP contribution in [0.2, 0.25) is 0 Å². The monoisotopic (exact) mass is 252 g/mol. The molecule has 1 amide bonds. The summed E-state index contributed by atoms with van der Waals surface area (Å²) in [5.74, 6) is -1.31. The zero-order valence-corrected chi connectivity index (χ0v) is 10.1. The molecule has 2 aromatic rings. The van der Waals surface area contributed by atoms with Gasteiger partial charge in [-0.15, -0.1) is 0 Å². The van der Waals surface area contributed by atoms with Crippen molar-refractivity contribution in [3.05, 3.63) is 59.9 Å². The fraction of sp³-hybridized carbons (Fsp3) is 0.0714. The minimum Gasteiger partial charge on any atom is -0.360 e. The molecule has 94 valence electrons. The third kappa shape index (κ3) is 3.30. The van der Waals surface area contributed by atoms with Gasteiger partial charge in [0, 0.05) is 6.20 Å². The molecule has 0 spiro atoms. The second-order valence-electron chi connectivity index (χ2n) is 3.83. The highest BCUT2D eigenvalue weighted by Crippen LogP contribution is 2.14. The summed E-state index contributed by atoms with van der Waals surface area (Å²) in [5, 5.41) is 12.9. The minimum absolute atomic E-state index is 0.448. The molecule has 1 aromatic heterocycles. The summed E-state index contributed by atoms with van der Waals surface area (Å²) in [5.41, 5.74) is 3.78. The number of aromatic amines is 1. The predicted molar refractivity (Wildman–Crippen MR) is 71.3 cm³/mol. The average Bonchev–Trinajstić information content (AvgIpc) is 2.94. The Bertz CT molecular complexity index is 596. The van der Waals surface area contributed by atoms with Crippen LogP contribution in [-0.2, 0) is 4.79 Å². The van der Waals surface area contributed by atoms with Crippen LogP contribution in [-0.4, -0.2) is 17.1 Å². The Morgan fingerprint density at radius 3 is 2.74 bits per heavy atom. The zero-order valence-electron chi connectivity index (χ0n) is 10.1. The van der Waals surface area contributed by atoms with E-state index in [1.54, 1.807) is 30.5 Å². The number of nitriles is 1. The van der Waals surface area contributed by atoms with Gasteiger partial charge < -0.3 is 4.98 Å². The number of hydrogen-bond donors (Lipinski definition) is 2. The van der Waals surface area contributed by atoms with Gasteiger partial charge in [0.2, 0.25) is 0 Å². The third-order valence-corrected chi connectivity index (χ3v) is 2.52. The summed E-state index contributed by atoms with van der Waals surface area (Å²) in [4.78, 5) is 14.8. The molecular formula is C14H12N4O. The van der Waals surface area contributed by atoms with Gasteiger partial charge in [-0.2, -0.15) is 10.4 Å². The minimum atomic E-state index is -0.859. The highest BCUT2D eigenvalue weighted by molar-refractivity contribution is 5.87. The molecule has 5 nitrogen and oxygen atoms in total. The van der Waals surface area contributed by atoms with Gasteiger partial charge in [-0.25, -0.2) is 5.43 Å². The van der Waals surface area contributed by atoms with Gasteiger partial charge in [0.1, 0.15) is 0 Å². The highest BCUT2D eigenvalue weighted by atomic mass is 16.2. The molecule has 2 rings (SSSR count). The van der Waals surface area contributed by atoms with Crippen molar-refractivity contribution in [3.8, 4) is 6.07 Å². The molecule has 19 heavy (non-hydrogen) atoms. The van der Waals surface area contributed by atoms with Gasteiger partial charge in [0.05, 0.1) is 18.0 Å². The molecule has 0 aliphatic rings. The Labute approximate surface area is 110 Å². The maximum Gasteiger partial charge on any atom is 0.261 e. The molecular weight excluding hydrogens is 240 g/mol. The molecule has 1 atom stereocenters. The SMILES string of the molecule is N#C[C@@H](C(=O)N/N=C\c1ccc[nH]1)c1ccccc1. The summed E-state index contributed by atoms with van der Waals surface area (Å²) in [6, 6.07) is 14.5. The molecule has 0 unspecified atom stereocenters. The Balaban J connectivity index is 2.01. The first kappa shape index (κ1) is 12.6. The summed E-state index contributed by atoms with van der Waals surface area (Å²) in [7, 11) is 0. The van der Waals surface area contributed by atoms with Crippen molar-refractivity contribution in [3.63, 3.8) is 0 Å². The summed E-state index contributed by atoms with van der Waals surface area (Å²) in [6.07, 6.45) is 3.24. The fourth-order valence-electron chi connectivity index (χ4n) is 1.58. The van der Waals surface area contributed by atoms with Crippen molar-refractivity contribution in [1.29, 1.82) is 5.26 Å². The van der Waals surface area contributed by atoms with Crippen molar-refractivity contribution in [1.82, 2.24) is 10.4 Å². The number of rotatable bonds is 4. The quantitative estimate of drug-likeness (QED) is 0.642. The average molecular weight is 252 g/mol. The zero-order chi connectivity index (χ0) is 13.5. The first-order chi connectivity index (χ1) is 9.31. The number of hydrogen-bond acceptors (Lipinski definition) is 3. The molecule has 0 saturated carbocycles. The van der Waals surface area contributed by atoms with E-state index >= 15 is 0 Å². The molecule has 0 radical (unpaired) electrons. The van der Waals surface area contributed by atoms with Crippen LogP contribution in [0.25, 0.3) is 0 Å². The van der Waals surface area contributed by atoms with E-state index in [1.165, 1.54) is 6.21 Å². The maximum absolute atomic E-state index is 11.8. The van der Waals surface area contributed by atoms with Gasteiger partial charge in [-0.05, 0) is 17.7 Å². The Morgan fingerprint density at radius 1 is 1.32 bits per heavy atom. The van der Waals surface area contributed by atoms with E-state index in [-0.39, 0.29) is 0 Å². The van der Waals surface area contributed by atoms with Crippen LogP contribution < -0.4 is 5.43 Å². The number of carbonyl (C=O) groups is 1. The number of H-pyrrole nitrogens is 1. The number of nitrogens with zero attached hydrogens (tertiary/aromatic N) is 2. The first-order valence-corrected chi connectivity index (χ1v) is 5.72. The lowest BCUT2D eigenvalue weighted by molar-refractivity contribution is -0.121. The van der Waals surface area contributed by atoms with Gasteiger partial charge in [-0.1, -0.05) is 30.3 Å². The van der Waals surface area contributed by atoms with Crippen molar-refractivity contribution < 1.29 is 4.79 Å². The summed E-state index contributed by atoms with van der Waals surface area (Å²) in [6.45, 7) is 0. The van der Waals surface area contributed by atoms with Gasteiger partial charge >= 0.3 is 0 Å². The number of nitrogens with one attached hydrogen (secondary N) is 2. The predicted octanol–water partition coefficient (Wildman–Crippen LogP) is 1.77. The lowest BCUT2D eigenvalue weighted by atomic mass is 10.0. The fourth-order valence-corrected chi connectivity index (χ4v) is 1.58.